The number of hydrogen-bond acceptors (Lipinski definition) is 5. The first kappa shape index (κ1) is 17.3. The van der Waals surface area contributed by atoms with Crippen molar-refractivity contribution in [3.8, 4) is 0 Å². The predicted molar refractivity (Wildman–Crippen MR) is 79.7 cm³/mol. The average molecular weight is 371 g/mol. The van der Waals surface area contributed by atoms with E-state index >= 15 is 0 Å². The molecular formula is C15H12F3N3O3S. The molecule has 1 saturated carbocycles. The number of carbonyl (C=O) groups is 1. The van der Waals surface area contributed by atoms with Crippen LogP contribution in [0.1, 0.15) is 23.5 Å². The number of halogens is 3. The monoisotopic (exact) mass is 371 g/mol. The van der Waals surface area contributed by atoms with Crippen LogP contribution in [-0.4, -0.2) is 24.3 Å². The van der Waals surface area contributed by atoms with Gasteiger partial charge in [0.2, 0.25) is 5.91 Å². The summed E-state index contributed by atoms with van der Waals surface area (Å²) in [4.78, 5) is 19.3. The van der Waals surface area contributed by atoms with Gasteiger partial charge < -0.3 is 0 Å². The number of alkyl halides is 3. The molecule has 3 rings (SSSR count). The van der Waals surface area contributed by atoms with Crippen molar-refractivity contribution < 1.29 is 26.4 Å². The third kappa shape index (κ3) is 3.78. The van der Waals surface area contributed by atoms with Gasteiger partial charge in [0.1, 0.15) is 0 Å². The lowest BCUT2D eigenvalue weighted by Gasteiger charge is -2.09. The first-order chi connectivity index (χ1) is 11.7. The van der Waals surface area contributed by atoms with Crippen molar-refractivity contribution in [2.24, 2.45) is 5.92 Å². The summed E-state index contributed by atoms with van der Waals surface area (Å²) in [6, 6.07) is 4.68. The molecule has 132 valence electrons. The van der Waals surface area contributed by atoms with Gasteiger partial charge in [-0.1, -0.05) is 18.2 Å². The third-order valence-electron chi connectivity index (χ3n) is 3.82. The van der Waals surface area contributed by atoms with Crippen molar-refractivity contribution in [3.63, 3.8) is 0 Å². The normalized spacial score (nSPS) is 20.1. The maximum Gasteiger partial charge on any atom is 0.416 e. The SMILES string of the molecule is O=C(NS(=O)(=O)c1cnccn1)[C@@H]1C[C@H]1c1cccc(C(F)(F)F)c1. The third-order valence-corrected chi connectivity index (χ3v) is 5.05. The number of nitrogens with zero attached hydrogens (tertiary/aromatic N) is 2. The number of carbonyl (C=O) groups excluding carboxylic acids is 1. The topological polar surface area (TPSA) is 89.0 Å². The van der Waals surface area contributed by atoms with Gasteiger partial charge in [0.05, 0.1) is 11.8 Å². The van der Waals surface area contributed by atoms with Crippen molar-refractivity contribution in [2.45, 2.75) is 23.5 Å². The molecule has 1 aromatic carbocycles. The highest BCUT2D eigenvalue weighted by Crippen LogP contribution is 2.48. The molecule has 0 spiro atoms. The van der Waals surface area contributed by atoms with E-state index in [4.69, 9.17) is 0 Å². The quantitative estimate of drug-likeness (QED) is 0.889. The molecule has 2 aromatic rings. The number of benzene rings is 1. The lowest BCUT2D eigenvalue weighted by Crippen LogP contribution is -2.32. The molecule has 1 aliphatic carbocycles. The lowest BCUT2D eigenvalue weighted by atomic mass is 10.1. The summed E-state index contributed by atoms with van der Waals surface area (Å²) < 4.78 is 64.2. The highest BCUT2D eigenvalue weighted by atomic mass is 32.2. The molecule has 1 fully saturated rings. The van der Waals surface area contributed by atoms with E-state index < -0.39 is 44.5 Å². The van der Waals surface area contributed by atoms with Gasteiger partial charge in [0.25, 0.3) is 10.0 Å². The van der Waals surface area contributed by atoms with Crippen molar-refractivity contribution in [2.75, 3.05) is 0 Å². The van der Waals surface area contributed by atoms with E-state index in [1.54, 1.807) is 0 Å². The molecule has 1 aromatic heterocycles. The first-order valence-corrected chi connectivity index (χ1v) is 8.66. The number of nitrogens with one attached hydrogen (secondary N) is 1. The zero-order valence-corrected chi connectivity index (χ0v) is 13.4. The van der Waals surface area contributed by atoms with Gasteiger partial charge in [0, 0.05) is 18.3 Å². The summed E-state index contributed by atoms with van der Waals surface area (Å²) in [6.07, 6.45) is -0.749. The van der Waals surface area contributed by atoms with Crippen LogP contribution in [0.15, 0.2) is 47.9 Å². The zero-order chi connectivity index (χ0) is 18.2. The molecule has 0 aliphatic heterocycles. The van der Waals surface area contributed by atoms with E-state index in [0.29, 0.717) is 5.56 Å². The van der Waals surface area contributed by atoms with Crippen LogP contribution in [0, 0.1) is 5.92 Å². The van der Waals surface area contributed by atoms with E-state index in [1.165, 1.54) is 24.5 Å². The van der Waals surface area contributed by atoms with Crippen LogP contribution in [0.4, 0.5) is 13.2 Å². The molecule has 6 nitrogen and oxygen atoms in total. The van der Waals surface area contributed by atoms with Crippen LogP contribution < -0.4 is 4.72 Å². The zero-order valence-electron chi connectivity index (χ0n) is 12.6. The summed E-state index contributed by atoms with van der Waals surface area (Å²) in [5, 5.41) is -0.403. The molecule has 10 heteroatoms. The minimum atomic E-state index is -4.47. The van der Waals surface area contributed by atoms with Crippen LogP contribution in [0.25, 0.3) is 0 Å². The molecule has 0 saturated heterocycles. The second kappa shape index (κ2) is 6.10. The maximum atomic E-state index is 12.7. The Labute approximate surface area is 141 Å². The van der Waals surface area contributed by atoms with Gasteiger partial charge in [-0.2, -0.15) is 21.6 Å². The van der Waals surface area contributed by atoms with Crippen molar-refractivity contribution >= 4 is 15.9 Å². The van der Waals surface area contributed by atoms with E-state index in [0.717, 1.165) is 18.3 Å². The van der Waals surface area contributed by atoms with Crippen LogP contribution in [0.2, 0.25) is 0 Å². The standard InChI is InChI=1S/C15H12F3N3O3S/c16-15(17,18)10-3-1-2-9(6-10)11-7-12(11)14(22)21-25(23,24)13-8-19-4-5-20-13/h1-6,8,11-12H,7H2,(H,21,22)/t11-,12+/m0/s1. The van der Waals surface area contributed by atoms with E-state index in [2.05, 4.69) is 9.97 Å². The van der Waals surface area contributed by atoms with Crippen molar-refractivity contribution in [1.82, 2.24) is 14.7 Å². The fraction of sp³-hybridized carbons (Fsp3) is 0.267. The molecule has 0 bridgehead atoms. The van der Waals surface area contributed by atoms with E-state index in [9.17, 15) is 26.4 Å². The molecule has 1 aliphatic rings. The minimum absolute atomic E-state index is 0.281. The first-order valence-electron chi connectivity index (χ1n) is 7.18. The summed E-state index contributed by atoms with van der Waals surface area (Å²) in [5.74, 6) is -1.91. The Morgan fingerprint density at radius 3 is 2.64 bits per heavy atom. The number of amides is 1. The molecule has 25 heavy (non-hydrogen) atoms. The molecule has 1 amide bonds. The Morgan fingerprint density at radius 2 is 2.00 bits per heavy atom. The van der Waals surface area contributed by atoms with Gasteiger partial charge >= 0.3 is 6.18 Å². The fourth-order valence-electron chi connectivity index (χ4n) is 2.48. The van der Waals surface area contributed by atoms with Crippen LogP contribution in [0.3, 0.4) is 0 Å². The second-order valence-electron chi connectivity index (χ2n) is 5.59. The van der Waals surface area contributed by atoms with Gasteiger partial charge in [0.15, 0.2) is 5.03 Å². The summed E-state index contributed by atoms with van der Waals surface area (Å²) in [6.45, 7) is 0. The number of sulfonamides is 1. The molecule has 0 radical (unpaired) electrons. The highest BCUT2D eigenvalue weighted by molar-refractivity contribution is 7.90. The number of rotatable bonds is 4. The molecule has 2 atom stereocenters. The Bertz CT molecular complexity index is 901. The van der Waals surface area contributed by atoms with Crippen molar-refractivity contribution in [1.29, 1.82) is 0 Å². The fourth-order valence-corrected chi connectivity index (χ4v) is 3.40. The second-order valence-corrected chi connectivity index (χ2v) is 7.21. The smallest absolute Gasteiger partial charge is 0.274 e. The van der Waals surface area contributed by atoms with E-state index in [-0.39, 0.29) is 6.42 Å². The Morgan fingerprint density at radius 1 is 1.24 bits per heavy atom. The number of hydrogen-bond donors (Lipinski definition) is 1. The van der Waals surface area contributed by atoms with Gasteiger partial charge in [-0.25, -0.2) is 9.71 Å². The Balaban J connectivity index is 1.71. The Hall–Kier alpha value is -2.49. The van der Waals surface area contributed by atoms with Crippen molar-refractivity contribution in [3.05, 3.63) is 54.0 Å². The van der Waals surface area contributed by atoms with Gasteiger partial charge in [-0.3, -0.25) is 9.78 Å². The van der Waals surface area contributed by atoms with E-state index in [1.807, 2.05) is 4.72 Å². The molecule has 1 heterocycles. The molecule has 0 unspecified atom stereocenters. The lowest BCUT2D eigenvalue weighted by molar-refractivity contribution is -0.137. The summed E-state index contributed by atoms with van der Waals surface area (Å²) in [7, 11) is -4.15. The van der Waals surface area contributed by atoms with Crippen LogP contribution >= 0.6 is 0 Å². The minimum Gasteiger partial charge on any atom is -0.274 e. The van der Waals surface area contributed by atoms with Gasteiger partial charge in [-0.05, 0) is 24.0 Å². The maximum absolute atomic E-state index is 12.7. The molecular weight excluding hydrogens is 359 g/mol. The average Bonchev–Trinajstić information content (AvgIpc) is 3.35. The van der Waals surface area contributed by atoms with Crippen LogP contribution in [0.5, 0.6) is 0 Å². The number of aromatic nitrogens is 2. The van der Waals surface area contributed by atoms with Crippen LogP contribution in [-0.2, 0) is 21.0 Å². The Kier molecular flexibility index (Phi) is 4.23. The predicted octanol–water partition coefficient (Wildman–Crippen LogP) is 2.10. The van der Waals surface area contributed by atoms with Gasteiger partial charge in [-0.15, -0.1) is 0 Å². The highest BCUT2D eigenvalue weighted by Gasteiger charge is 2.46. The summed E-state index contributed by atoms with van der Waals surface area (Å²) >= 11 is 0. The molecule has 1 N–H and O–H groups in total. The largest absolute Gasteiger partial charge is 0.416 e. The summed E-state index contributed by atoms with van der Waals surface area (Å²) in [5.41, 5.74) is -0.449.